The standard InChI is InChI=1S/C45H71N5O5S/c1-27-22-37-42(29(3)45(55-37)18-16-32-33-14-13-30-23-31(51)15-17-44(30,4)35(33)24-34(32)28(45)2)50(25-27)21-20-47-40(53)11-6-5-9-19-46-39(52)12-8-7-10-38-41-36(26-56-38)48-43(54)49-41/h13,27,29,31-33,35-38,41-42,51H,5-12,14-26H2,1-4H3,(H,46,52)(H,47,53)(H2,48,49,54)/t27-,29+,31-,32-,33-,35-,36-,37+,38?,41-,42-,44-,45?/m0/s1. The number of urea groups is 1. The molecule has 0 aromatic rings. The van der Waals surface area contributed by atoms with E-state index in [1.54, 1.807) is 11.1 Å². The molecule has 0 bridgehead atoms. The number of carbonyl (C=O) groups is 3. The van der Waals surface area contributed by atoms with Crippen molar-refractivity contribution in [3.63, 3.8) is 0 Å². The molecule has 13 atom stereocenters. The Morgan fingerprint density at radius 2 is 1.80 bits per heavy atom. The number of aliphatic hydroxyl groups excluding tert-OH is 1. The fraction of sp³-hybridized carbons (Fsp3) is 0.844. The highest BCUT2D eigenvalue weighted by Gasteiger charge is 2.61. The normalized spacial score (nSPS) is 41.3. The van der Waals surface area contributed by atoms with Gasteiger partial charge in [0.05, 0.1) is 29.9 Å². The molecule has 4 aliphatic heterocycles. The molecular formula is C45H71N5O5S. The maximum absolute atomic E-state index is 12.9. The van der Waals surface area contributed by atoms with Gasteiger partial charge in [-0.05, 0) is 119 Å². The number of rotatable bonds is 14. The van der Waals surface area contributed by atoms with Gasteiger partial charge in [0.25, 0.3) is 0 Å². The van der Waals surface area contributed by atoms with E-state index in [9.17, 15) is 19.5 Å². The van der Waals surface area contributed by atoms with Crippen LogP contribution >= 0.6 is 11.8 Å². The van der Waals surface area contributed by atoms with Crippen LogP contribution in [0.25, 0.3) is 0 Å². The van der Waals surface area contributed by atoms with Gasteiger partial charge in [-0.3, -0.25) is 14.5 Å². The van der Waals surface area contributed by atoms with Gasteiger partial charge in [-0.25, -0.2) is 4.79 Å². The van der Waals surface area contributed by atoms with Crippen LogP contribution < -0.4 is 21.3 Å². The Balaban J connectivity index is 0.745. The SMILES string of the molecule is CC1=C2C[C@H]3[C@@H](CC=C4C[C@@H](O)CC[C@@]43C)[C@@H]2CCC12O[C@@H]1C[C@H](C)CN(CCNC(=O)CCCCCNC(=O)CCCCC3SC[C@@H]4NC(=O)N[C@H]34)[C@H]1[C@H]2C. The van der Waals surface area contributed by atoms with Crippen molar-refractivity contribution in [3.05, 3.63) is 22.8 Å². The fourth-order valence-corrected chi connectivity index (χ4v) is 14.9. The number of hydrogen-bond donors (Lipinski definition) is 5. The molecule has 8 aliphatic rings. The number of aliphatic hydroxyl groups is 1. The zero-order chi connectivity index (χ0) is 39.2. The second kappa shape index (κ2) is 16.9. The first-order chi connectivity index (χ1) is 27.0. The number of ether oxygens (including phenoxy) is 1. The number of nitrogens with one attached hydrogen (secondary N) is 4. The first-order valence-corrected chi connectivity index (χ1v) is 23.7. The number of hydrogen-bond acceptors (Lipinski definition) is 7. The quantitative estimate of drug-likeness (QED) is 0.0801. The van der Waals surface area contributed by atoms with Crippen LogP contribution in [0.4, 0.5) is 4.79 Å². The van der Waals surface area contributed by atoms with Gasteiger partial charge in [0, 0.05) is 62.0 Å². The molecule has 8 rings (SSSR count). The fourth-order valence-electron chi connectivity index (χ4n) is 13.3. The second-order valence-electron chi connectivity index (χ2n) is 19.6. The van der Waals surface area contributed by atoms with E-state index in [0.717, 1.165) is 95.4 Å². The van der Waals surface area contributed by atoms with Crippen LogP contribution in [0.5, 0.6) is 0 Å². The van der Waals surface area contributed by atoms with Crippen LogP contribution in [-0.2, 0) is 14.3 Å². The molecule has 1 spiro atoms. The van der Waals surface area contributed by atoms with Gasteiger partial charge >= 0.3 is 6.03 Å². The predicted octanol–water partition coefficient (Wildman–Crippen LogP) is 6.23. The molecule has 10 nitrogen and oxygen atoms in total. The third-order valence-electron chi connectivity index (χ3n) is 16.3. The zero-order valence-corrected chi connectivity index (χ0v) is 35.5. The lowest BCUT2D eigenvalue weighted by molar-refractivity contribution is -0.122. The van der Waals surface area contributed by atoms with Gasteiger partial charge in [0.2, 0.25) is 11.8 Å². The largest absolute Gasteiger partial charge is 0.393 e. The van der Waals surface area contributed by atoms with Gasteiger partial charge in [-0.15, -0.1) is 0 Å². The summed E-state index contributed by atoms with van der Waals surface area (Å²) in [6, 6.07) is 0.818. The molecule has 0 aromatic carbocycles. The minimum atomic E-state index is -0.174. The minimum absolute atomic E-state index is 0.0472. The molecule has 6 fully saturated rings. The van der Waals surface area contributed by atoms with E-state index >= 15 is 0 Å². The summed E-state index contributed by atoms with van der Waals surface area (Å²) in [7, 11) is 0. The number of nitrogens with zero attached hydrogens (tertiary/aromatic N) is 1. The van der Waals surface area contributed by atoms with E-state index in [2.05, 4.69) is 59.9 Å². The van der Waals surface area contributed by atoms with Crippen molar-refractivity contribution < 1.29 is 24.2 Å². The van der Waals surface area contributed by atoms with Crippen molar-refractivity contribution in [2.45, 2.75) is 172 Å². The summed E-state index contributed by atoms with van der Waals surface area (Å²) in [5, 5.41) is 23.2. The maximum Gasteiger partial charge on any atom is 0.315 e. The van der Waals surface area contributed by atoms with Gasteiger partial charge in [0.15, 0.2) is 0 Å². The molecular weight excluding hydrogens is 723 g/mol. The summed E-state index contributed by atoms with van der Waals surface area (Å²) in [6.07, 6.45) is 18.0. The molecule has 11 heteroatoms. The molecule has 5 N–H and O–H groups in total. The highest BCUT2D eigenvalue weighted by atomic mass is 32.2. The Bertz CT molecular complexity index is 1550. The highest BCUT2D eigenvalue weighted by molar-refractivity contribution is 8.00. The molecule has 4 aliphatic carbocycles. The number of amides is 4. The lowest BCUT2D eigenvalue weighted by atomic mass is 9.56. The summed E-state index contributed by atoms with van der Waals surface area (Å²) < 4.78 is 7.34. The smallest absolute Gasteiger partial charge is 0.315 e. The first kappa shape index (κ1) is 40.7. The van der Waals surface area contributed by atoms with Crippen molar-refractivity contribution in [1.29, 1.82) is 0 Å². The molecule has 56 heavy (non-hydrogen) atoms. The predicted molar refractivity (Wildman–Crippen MR) is 222 cm³/mol. The average molecular weight is 794 g/mol. The second-order valence-corrected chi connectivity index (χ2v) is 20.9. The third-order valence-corrected chi connectivity index (χ3v) is 17.8. The molecule has 0 aromatic heterocycles. The molecule has 4 heterocycles. The topological polar surface area (TPSA) is 132 Å². The number of fused-ring (bicyclic) bond motifs is 7. The lowest BCUT2D eigenvalue weighted by Crippen LogP contribution is -2.54. The van der Waals surface area contributed by atoms with Crippen LogP contribution in [0.1, 0.15) is 130 Å². The van der Waals surface area contributed by atoms with Crippen molar-refractivity contribution in [2.75, 3.05) is 31.9 Å². The Hall–Kier alpha value is -2.08. The summed E-state index contributed by atoms with van der Waals surface area (Å²) in [5.74, 6) is 4.31. The van der Waals surface area contributed by atoms with Crippen molar-refractivity contribution >= 4 is 29.6 Å². The monoisotopic (exact) mass is 794 g/mol. The van der Waals surface area contributed by atoms with Crippen LogP contribution in [-0.4, -0.2) is 101 Å². The van der Waals surface area contributed by atoms with Crippen LogP contribution in [0, 0.1) is 35.0 Å². The van der Waals surface area contributed by atoms with Crippen LogP contribution in [0.15, 0.2) is 22.8 Å². The molecule has 2 unspecified atom stereocenters. The Kier molecular flexibility index (Phi) is 12.3. The highest BCUT2D eigenvalue weighted by Crippen LogP contribution is 2.65. The Morgan fingerprint density at radius 3 is 2.62 bits per heavy atom. The van der Waals surface area contributed by atoms with E-state index in [4.69, 9.17) is 4.74 Å². The molecule has 0 radical (unpaired) electrons. The van der Waals surface area contributed by atoms with Crippen LogP contribution in [0.2, 0.25) is 0 Å². The third kappa shape index (κ3) is 7.85. The Labute approximate surface area is 340 Å². The van der Waals surface area contributed by atoms with Crippen molar-refractivity contribution in [3.8, 4) is 0 Å². The van der Waals surface area contributed by atoms with E-state index in [0.29, 0.717) is 60.9 Å². The summed E-state index contributed by atoms with van der Waals surface area (Å²) in [4.78, 5) is 39.4. The van der Waals surface area contributed by atoms with Gasteiger partial charge < -0.3 is 31.1 Å². The van der Waals surface area contributed by atoms with E-state index < -0.39 is 0 Å². The Morgan fingerprint density at radius 1 is 1.02 bits per heavy atom. The van der Waals surface area contributed by atoms with Gasteiger partial charge in [-0.2, -0.15) is 11.8 Å². The number of thioether (sulfide) groups is 1. The van der Waals surface area contributed by atoms with Crippen molar-refractivity contribution in [2.24, 2.45) is 35.0 Å². The van der Waals surface area contributed by atoms with E-state index in [1.807, 2.05) is 11.8 Å². The average Bonchev–Trinajstić information content (AvgIpc) is 3.91. The molecule has 312 valence electrons. The molecule has 2 saturated carbocycles. The number of allylic oxidation sites excluding steroid dienone is 2. The van der Waals surface area contributed by atoms with Gasteiger partial charge in [-0.1, -0.05) is 50.8 Å². The van der Waals surface area contributed by atoms with Crippen LogP contribution in [0.3, 0.4) is 0 Å². The number of likely N-dealkylation sites (tertiary alicyclic amines) is 1. The molecule has 4 amide bonds. The summed E-state index contributed by atoms with van der Waals surface area (Å²) in [5.41, 5.74) is 4.87. The van der Waals surface area contributed by atoms with Crippen molar-refractivity contribution in [1.82, 2.24) is 26.2 Å². The lowest BCUT2D eigenvalue weighted by Gasteiger charge is -2.49. The minimum Gasteiger partial charge on any atom is -0.393 e. The first-order valence-electron chi connectivity index (χ1n) is 22.7. The molecule has 4 saturated heterocycles. The van der Waals surface area contributed by atoms with E-state index in [-0.39, 0.29) is 53.2 Å². The number of carbonyl (C=O) groups excluding carboxylic acids is 3. The maximum atomic E-state index is 12.9. The zero-order valence-electron chi connectivity index (χ0n) is 34.7. The summed E-state index contributed by atoms with van der Waals surface area (Å²) >= 11 is 1.92. The number of unbranched alkanes of at least 4 members (excludes halogenated alkanes) is 3. The van der Waals surface area contributed by atoms with Gasteiger partial charge in [0.1, 0.15) is 0 Å². The number of piperidine rings is 1. The summed E-state index contributed by atoms with van der Waals surface area (Å²) in [6.45, 7) is 13.0. The van der Waals surface area contributed by atoms with E-state index in [1.165, 1.54) is 24.8 Å².